The summed E-state index contributed by atoms with van der Waals surface area (Å²) in [6.45, 7) is 2.18. The highest BCUT2D eigenvalue weighted by atomic mass is 16.6. The van der Waals surface area contributed by atoms with Crippen molar-refractivity contribution in [3.8, 4) is 28.3 Å². The van der Waals surface area contributed by atoms with Crippen LogP contribution in [0.1, 0.15) is 12.1 Å². The number of rotatable bonds is 6. The SMILES string of the molecule is CN(C)CCNC(=O)Oc1ccc2c(-c3c(-c4ccccn4)nn4c3CCC4)ccnc2c1. The molecule has 8 heteroatoms. The van der Waals surface area contributed by atoms with Crippen molar-refractivity contribution in [3.05, 3.63) is 60.6 Å². The van der Waals surface area contributed by atoms with Crippen LogP contribution in [-0.2, 0) is 13.0 Å². The average Bonchev–Trinajstić information content (AvgIpc) is 3.40. The summed E-state index contributed by atoms with van der Waals surface area (Å²) in [6, 6.07) is 13.5. The summed E-state index contributed by atoms with van der Waals surface area (Å²) < 4.78 is 7.57. The standard InChI is InChI=1S/C25H26N6O2/c1-30(2)15-13-28-25(32)33-17-8-9-18-19(10-12-27-21(18)16-17)23-22-7-5-14-31(22)29-24(23)20-6-3-4-11-26-20/h3-4,6,8-12,16H,5,7,13-15H2,1-2H3,(H,28,32). The van der Waals surface area contributed by atoms with E-state index in [1.807, 2.05) is 55.4 Å². The predicted molar refractivity (Wildman–Crippen MR) is 127 cm³/mol. The van der Waals surface area contributed by atoms with Gasteiger partial charge in [-0.2, -0.15) is 5.10 Å². The summed E-state index contributed by atoms with van der Waals surface area (Å²) in [6.07, 6.45) is 5.18. The summed E-state index contributed by atoms with van der Waals surface area (Å²) in [5.74, 6) is 0.458. The van der Waals surface area contributed by atoms with Crippen molar-refractivity contribution < 1.29 is 9.53 Å². The second-order valence-electron chi connectivity index (χ2n) is 8.37. The Bertz CT molecular complexity index is 1300. The lowest BCUT2D eigenvalue weighted by Crippen LogP contribution is -2.33. The minimum atomic E-state index is -0.473. The summed E-state index contributed by atoms with van der Waals surface area (Å²) in [5.41, 5.74) is 5.89. The van der Waals surface area contributed by atoms with E-state index >= 15 is 0 Å². The number of nitrogens with zero attached hydrogens (tertiary/aromatic N) is 5. The maximum Gasteiger partial charge on any atom is 0.412 e. The van der Waals surface area contributed by atoms with Gasteiger partial charge in [0.05, 0.1) is 11.2 Å². The quantitative estimate of drug-likeness (QED) is 0.489. The van der Waals surface area contributed by atoms with Crippen LogP contribution in [0.5, 0.6) is 5.75 Å². The molecule has 1 amide bonds. The number of hydrogen-bond donors (Lipinski definition) is 1. The van der Waals surface area contributed by atoms with Crippen LogP contribution in [0.2, 0.25) is 0 Å². The van der Waals surface area contributed by atoms with Crippen LogP contribution >= 0.6 is 0 Å². The first-order chi connectivity index (χ1) is 16.1. The topological polar surface area (TPSA) is 85.2 Å². The van der Waals surface area contributed by atoms with Crippen LogP contribution in [0.4, 0.5) is 4.79 Å². The molecule has 0 aliphatic carbocycles. The second kappa shape index (κ2) is 8.99. The zero-order valence-corrected chi connectivity index (χ0v) is 18.8. The van der Waals surface area contributed by atoms with Gasteiger partial charge >= 0.3 is 6.09 Å². The monoisotopic (exact) mass is 442 g/mol. The van der Waals surface area contributed by atoms with E-state index in [1.54, 1.807) is 18.5 Å². The summed E-state index contributed by atoms with van der Waals surface area (Å²) in [4.78, 5) is 23.2. The summed E-state index contributed by atoms with van der Waals surface area (Å²) in [5, 5.41) is 8.64. The van der Waals surface area contributed by atoms with Gasteiger partial charge in [-0.05, 0) is 62.8 Å². The first kappa shape index (κ1) is 21.1. The van der Waals surface area contributed by atoms with Crippen molar-refractivity contribution in [1.29, 1.82) is 0 Å². The van der Waals surface area contributed by atoms with Crippen LogP contribution < -0.4 is 10.1 Å². The number of aryl methyl sites for hydroxylation is 1. The number of amides is 1. The van der Waals surface area contributed by atoms with Gasteiger partial charge in [-0.1, -0.05) is 6.07 Å². The summed E-state index contributed by atoms with van der Waals surface area (Å²) in [7, 11) is 3.91. The van der Waals surface area contributed by atoms with Gasteiger partial charge in [-0.3, -0.25) is 14.6 Å². The van der Waals surface area contributed by atoms with Crippen molar-refractivity contribution in [2.24, 2.45) is 0 Å². The van der Waals surface area contributed by atoms with Gasteiger partial charge in [0.1, 0.15) is 11.4 Å². The van der Waals surface area contributed by atoms with E-state index in [0.29, 0.717) is 12.3 Å². The van der Waals surface area contributed by atoms with Gasteiger partial charge in [0.25, 0.3) is 0 Å². The van der Waals surface area contributed by atoms with Crippen LogP contribution in [0, 0.1) is 0 Å². The smallest absolute Gasteiger partial charge is 0.410 e. The number of aromatic nitrogens is 4. The van der Waals surface area contributed by atoms with E-state index in [1.165, 1.54) is 5.69 Å². The lowest BCUT2D eigenvalue weighted by molar-refractivity contribution is 0.199. The molecule has 1 aromatic carbocycles. The number of likely N-dealkylation sites (N-methyl/N-ethyl adjacent to an activating group) is 1. The molecule has 1 aliphatic heterocycles. The molecule has 3 aromatic heterocycles. The van der Waals surface area contributed by atoms with Crippen molar-refractivity contribution in [2.75, 3.05) is 27.2 Å². The third kappa shape index (κ3) is 4.29. The number of hydrogen-bond acceptors (Lipinski definition) is 6. The first-order valence-corrected chi connectivity index (χ1v) is 11.1. The maximum absolute atomic E-state index is 12.1. The molecule has 4 heterocycles. The molecule has 1 aliphatic rings. The average molecular weight is 443 g/mol. The molecular formula is C25H26N6O2. The second-order valence-corrected chi connectivity index (χ2v) is 8.37. The van der Waals surface area contributed by atoms with Gasteiger partial charge in [-0.25, -0.2) is 4.79 Å². The van der Waals surface area contributed by atoms with Gasteiger partial charge in [-0.15, -0.1) is 0 Å². The minimum absolute atomic E-state index is 0.458. The normalized spacial score (nSPS) is 12.8. The van der Waals surface area contributed by atoms with Crippen LogP contribution in [0.15, 0.2) is 54.9 Å². The Morgan fingerprint density at radius 1 is 1.15 bits per heavy atom. The van der Waals surface area contributed by atoms with Gasteiger partial charge in [0.15, 0.2) is 0 Å². The third-order valence-corrected chi connectivity index (χ3v) is 5.77. The zero-order valence-electron chi connectivity index (χ0n) is 18.8. The zero-order chi connectivity index (χ0) is 22.8. The van der Waals surface area contributed by atoms with Gasteiger partial charge < -0.3 is 15.0 Å². The number of carbonyl (C=O) groups is 1. The summed E-state index contributed by atoms with van der Waals surface area (Å²) >= 11 is 0. The largest absolute Gasteiger partial charge is 0.412 e. The lowest BCUT2D eigenvalue weighted by atomic mass is 9.96. The molecule has 0 unspecified atom stereocenters. The number of fused-ring (bicyclic) bond motifs is 2. The fraction of sp³-hybridized carbons (Fsp3) is 0.280. The predicted octanol–water partition coefficient (Wildman–Crippen LogP) is 3.76. The Labute approximate surface area is 192 Å². The Kier molecular flexibility index (Phi) is 5.75. The van der Waals surface area contributed by atoms with E-state index in [0.717, 1.165) is 59.3 Å². The fourth-order valence-corrected chi connectivity index (χ4v) is 4.23. The molecule has 33 heavy (non-hydrogen) atoms. The Hall–Kier alpha value is -3.78. The van der Waals surface area contributed by atoms with Crippen LogP contribution in [0.25, 0.3) is 33.4 Å². The van der Waals surface area contributed by atoms with E-state index in [9.17, 15) is 4.79 Å². The molecule has 5 rings (SSSR count). The number of nitrogens with one attached hydrogen (secondary N) is 1. The molecule has 0 atom stereocenters. The third-order valence-electron chi connectivity index (χ3n) is 5.77. The van der Waals surface area contributed by atoms with Crippen molar-refractivity contribution in [2.45, 2.75) is 19.4 Å². The molecule has 8 nitrogen and oxygen atoms in total. The maximum atomic E-state index is 12.1. The van der Waals surface area contributed by atoms with E-state index in [4.69, 9.17) is 9.84 Å². The lowest BCUT2D eigenvalue weighted by Gasteiger charge is -2.12. The molecule has 0 spiro atoms. The van der Waals surface area contributed by atoms with Crippen molar-refractivity contribution in [3.63, 3.8) is 0 Å². The molecule has 0 radical (unpaired) electrons. The highest BCUT2D eigenvalue weighted by Gasteiger charge is 2.25. The number of ether oxygens (including phenoxy) is 1. The molecule has 0 saturated heterocycles. The number of pyridine rings is 2. The van der Waals surface area contributed by atoms with Crippen LogP contribution in [0.3, 0.4) is 0 Å². The number of carbonyl (C=O) groups excluding carboxylic acids is 1. The molecule has 0 saturated carbocycles. The highest BCUT2D eigenvalue weighted by Crippen LogP contribution is 2.40. The molecule has 4 aromatic rings. The van der Waals surface area contributed by atoms with Gasteiger partial charge in [0, 0.05) is 54.7 Å². The Morgan fingerprint density at radius 2 is 2.06 bits per heavy atom. The van der Waals surface area contributed by atoms with E-state index in [2.05, 4.69) is 20.0 Å². The van der Waals surface area contributed by atoms with Gasteiger partial charge in [0.2, 0.25) is 0 Å². The Morgan fingerprint density at radius 3 is 2.88 bits per heavy atom. The highest BCUT2D eigenvalue weighted by molar-refractivity contribution is 5.99. The van der Waals surface area contributed by atoms with Crippen LogP contribution in [-0.4, -0.2) is 57.9 Å². The molecular weight excluding hydrogens is 416 g/mol. The fourth-order valence-electron chi connectivity index (χ4n) is 4.23. The van der Waals surface area contributed by atoms with E-state index < -0.39 is 6.09 Å². The first-order valence-electron chi connectivity index (χ1n) is 11.1. The van der Waals surface area contributed by atoms with E-state index in [-0.39, 0.29) is 0 Å². The number of benzene rings is 1. The molecule has 168 valence electrons. The molecule has 1 N–H and O–H groups in total. The minimum Gasteiger partial charge on any atom is -0.410 e. The Balaban J connectivity index is 1.50. The molecule has 0 bridgehead atoms. The van der Waals surface area contributed by atoms with Crippen molar-refractivity contribution in [1.82, 2.24) is 30.0 Å². The van der Waals surface area contributed by atoms with Crippen molar-refractivity contribution >= 4 is 17.0 Å². The molecule has 0 fully saturated rings.